The van der Waals surface area contributed by atoms with E-state index in [0.717, 1.165) is 0 Å². The van der Waals surface area contributed by atoms with E-state index in [4.69, 9.17) is 10.5 Å². The Balaban J connectivity index is 2.42. The molecule has 1 rings (SSSR count). The van der Waals surface area contributed by atoms with Gasteiger partial charge in [0.25, 0.3) is 0 Å². The maximum atomic E-state index is 11.8. The van der Waals surface area contributed by atoms with Crippen molar-refractivity contribution in [3.8, 4) is 0 Å². The van der Waals surface area contributed by atoms with Gasteiger partial charge in [-0.3, -0.25) is 4.79 Å². The Morgan fingerprint density at radius 1 is 1.47 bits per heavy atom. The van der Waals surface area contributed by atoms with Gasteiger partial charge < -0.3 is 20.9 Å². The largest absolute Gasteiger partial charge is 0.388 e. The SMILES string of the molecule is CC(C)(C)[C@H](N)C(=O)NCC1(O)CCOCC1. The molecule has 0 aromatic heterocycles. The molecule has 4 N–H and O–H groups in total. The molecule has 1 aliphatic heterocycles. The summed E-state index contributed by atoms with van der Waals surface area (Å²) in [7, 11) is 0. The number of ether oxygens (including phenoxy) is 1. The number of carbonyl (C=O) groups is 1. The fourth-order valence-electron chi connectivity index (χ4n) is 1.68. The minimum Gasteiger partial charge on any atom is -0.388 e. The molecular weight excluding hydrogens is 220 g/mol. The van der Waals surface area contributed by atoms with Crippen LogP contribution in [0, 0.1) is 5.41 Å². The predicted octanol–water partition coefficient (Wildman–Crippen LogP) is 0.0175. The monoisotopic (exact) mass is 244 g/mol. The topological polar surface area (TPSA) is 84.6 Å². The van der Waals surface area contributed by atoms with Gasteiger partial charge in [-0.05, 0) is 5.41 Å². The maximum absolute atomic E-state index is 11.8. The van der Waals surface area contributed by atoms with E-state index in [1.54, 1.807) is 0 Å². The van der Waals surface area contributed by atoms with Crippen LogP contribution in [0.15, 0.2) is 0 Å². The zero-order chi connectivity index (χ0) is 13.1. The molecule has 0 aromatic carbocycles. The van der Waals surface area contributed by atoms with Gasteiger partial charge in [0, 0.05) is 32.6 Å². The van der Waals surface area contributed by atoms with Crippen LogP contribution in [0.4, 0.5) is 0 Å². The molecule has 5 nitrogen and oxygen atoms in total. The summed E-state index contributed by atoms with van der Waals surface area (Å²) in [4.78, 5) is 11.8. The van der Waals surface area contributed by atoms with Crippen LogP contribution in [-0.4, -0.2) is 42.4 Å². The summed E-state index contributed by atoms with van der Waals surface area (Å²) in [6, 6.07) is -0.564. The van der Waals surface area contributed by atoms with E-state index in [2.05, 4.69) is 5.32 Å². The summed E-state index contributed by atoms with van der Waals surface area (Å²) in [6.07, 6.45) is 1.11. The number of amides is 1. The lowest BCUT2D eigenvalue weighted by molar-refractivity contribution is -0.127. The molecule has 0 bridgehead atoms. The van der Waals surface area contributed by atoms with Crippen LogP contribution in [0.2, 0.25) is 0 Å². The van der Waals surface area contributed by atoms with Crippen molar-refractivity contribution < 1.29 is 14.6 Å². The van der Waals surface area contributed by atoms with Crippen LogP contribution < -0.4 is 11.1 Å². The molecule has 1 heterocycles. The summed E-state index contributed by atoms with van der Waals surface area (Å²) < 4.78 is 5.18. The summed E-state index contributed by atoms with van der Waals surface area (Å²) >= 11 is 0. The van der Waals surface area contributed by atoms with E-state index in [9.17, 15) is 9.90 Å². The van der Waals surface area contributed by atoms with Gasteiger partial charge in [0.05, 0.1) is 11.6 Å². The van der Waals surface area contributed by atoms with Crippen LogP contribution in [0.5, 0.6) is 0 Å². The maximum Gasteiger partial charge on any atom is 0.237 e. The zero-order valence-corrected chi connectivity index (χ0v) is 11.0. The quantitative estimate of drug-likeness (QED) is 0.653. The first-order chi connectivity index (χ1) is 7.75. The second-order valence-electron chi connectivity index (χ2n) is 5.90. The lowest BCUT2D eigenvalue weighted by atomic mass is 9.86. The summed E-state index contributed by atoms with van der Waals surface area (Å²) in [6.45, 7) is 7.08. The Kier molecular flexibility index (Phi) is 4.52. The molecule has 0 radical (unpaired) electrons. The summed E-state index contributed by atoms with van der Waals surface area (Å²) in [5.41, 5.74) is 4.72. The zero-order valence-electron chi connectivity index (χ0n) is 11.0. The third kappa shape index (κ3) is 4.26. The Hall–Kier alpha value is -0.650. The number of carbonyl (C=O) groups excluding carboxylic acids is 1. The van der Waals surface area contributed by atoms with E-state index < -0.39 is 11.6 Å². The molecule has 100 valence electrons. The van der Waals surface area contributed by atoms with Crippen molar-refractivity contribution in [3.63, 3.8) is 0 Å². The molecule has 0 unspecified atom stereocenters. The molecular formula is C12H24N2O3. The van der Waals surface area contributed by atoms with Gasteiger partial charge in [-0.1, -0.05) is 20.8 Å². The molecule has 1 amide bonds. The average molecular weight is 244 g/mol. The van der Waals surface area contributed by atoms with Crippen molar-refractivity contribution in [3.05, 3.63) is 0 Å². The number of hydrogen-bond donors (Lipinski definition) is 3. The molecule has 1 atom stereocenters. The number of aliphatic hydroxyl groups is 1. The van der Waals surface area contributed by atoms with Crippen LogP contribution in [0.1, 0.15) is 33.6 Å². The first-order valence-electron chi connectivity index (χ1n) is 6.08. The molecule has 0 aliphatic carbocycles. The number of nitrogens with two attached hydrogens (primary N) is 1. The molecule has 1 fully saturated rings. The number of rotatable bonds is 3. The number of nitrogens with one attached hydrogen (secondary N) is 1. The van der Waals surface area contributed by atoms with Gasteiger partial charge >= 0.3 is 0 Å². The van der Waals surface area contributed by atoms with E-state index in [-0.39, 0.29) is 17.9 Å². The van der Waals surface area contributed by atoms with Crippen molar-refractivity contribution in [2.75, 3.05) is 19.8 Å². The Labute approximate surface area is 103 Å². The van der Waals surface area contributed by atoms with Gasteiger partial charge in [-0.15, -0.1) is 0 Å². The minimum absolute atomic E-state index is 0.211. The highest BCUT2D eigenvalue weighted by atomic mass is 16.5. The molecule has 17 heavy (non-hydrogen) atoms. The highest BCUT2D eigenvalue weighted by Gasteiger charge is 2.32. The summed E-state index contributed by atoms with van der Waals surface area (Å²) in [5, 5.41) is 12.9. The van der Waals surface area contributed by atoms with Crippen LogP contribution >= 0.6 is 0 Å². The van der Waals surface area contributed by atoms with Crippen molar-refractivity contribution in [2.24, 2.45) is 11.1 Å². The molecule has 5 heteroatoms. The normalized spacial score (nSPS) is 21.9. The van der Waals surface area contributed by atoms with Crippen molar-refractivity contribution >= 4 is 5.91 Å². The van der Waals surface area contributed by atoms with E-state index in [0.29, 0.717) is 26.1 Å². The lowest BCUT2D eigenvalue weighted by Gasteiger charge is -2.33. The minimum atomic E-state index is -0.842. The van der Waals surface area contributed by atoms with Gasteiger partial charge in [0.1, 0.15) is 0 Å². The third-order valence-electron chi connectivity index (χ3n) is 3.23. The molecule has 0 saturated carbocycles. The molecule has 1 saturated heterocycles. The molecule has 1 aliphatic rings. The van der Waals surface area contributed by atoms with Gasteiger partial charge in [0.15, 0.2) is 0 Å². The Bertz CT molecular complexity index is 267. The average Bonchev–Trinajstić information content (AvgIpc) is 2.25. The highest BCUT2D eigenvalue weighted by molar-refractivity contribution is 5.82. The first-order valence-corrected chi connectivity index (χ1v) is 6.08. The fourth-order valence-corrected chi connectivity index (χ4v) is 1.68. The van der Waals surface area contributed by atoms with Gasteiger partial charge in [-0.25, -0.2) is 0 Å². The summed E-state index contributed by atoms with van der Waals surface area (Å²) in [5.74, 6) is -0.211. The fraction of sp³-hybridized carbons (Fsp3) is 0.917. The highest BCUT2D eigenvalue weighted by Crippen LogP contribution is 2.20. The lowest BCUT2D eigenvalue weighted by Crippen LogP contribution is -2.53. The molecule has 0 spiro atoms. The Morgan fingerprint density at radius 3 is 2.47 bits per heavy atom. The predicted molar refractivity (Wildman–Crippen MR) is 65.4 cm³/mol. The van der Waals surface area contributed by atoms with E-state index >= 15 is 0 Å². The van der Waals surface area contributed by atoms with Crippen LogP contribution in [0.25, 0.3) is 0 Å². The number of hydrogen-bond acceptors (Lipinski definition) is 4. The molecule has 0 aromatic rings. The van der Waals surface area contributed by atoms with Gasteiger partial charge in [0.2, 0.25) is 5.91 Å². The second kappa shape index (κ2) is 5.33. The first kappa shape index (κ1) is 14.4. The third-order valence-corrected chi connectivity index (χ3v) is 3.23. The van der Waals surface area contributed by atoms with Crippen molar-refractivity contribution in [1.82, 2.24) is 5.32 Å². The van der Waals surface area contributed by atoms with Crippen molar-refractivity contribution in [1.29, 1.82) is 0 Å². The van der Waals surface area contributed by atoms with Gasteiger partial charge in [-0.2, -0.15) is 0 Å². The standard InChI is InChI=1S/C12H24N2O3/c1-11(2,3)9(13)10(15)14-8-12(16)4-6-17-7-5-12/h9,16H,4-8,13H2,1-3H3,(H,14,15)/t9-/m1/s1. The van der Waals surface area contributed by atoms with Crippen LogP contribution in [0.3, 0.4) is 0 Å². The smallest absolute Gasteiger partial charge is 0.237 e. The van der Waals surface area contributed by atoms with E-state index in [1.165, 1.54) is 0 Å². The van der Waals surface area contributed by atoms with E-state index in [1.807, 2.05) is 20.8 Å². The Morgan fingerprint density at radius 2 is 2.00 bits per heavy atom. The second-order valence-corrected chi connectivity index (χ2v) is 5.90. The van der Waals surface area contributed by atoms with Crippen LogP contribution in [-0.2, 0) is 9.53 Å². The van der Waals surface area contributed by atoms with Crippen molar-refractivity contribution in [2.45, 2.75) is 45.3 Å².